The minimum atomic E-state index is 0.647. The van der Waals surface area contributed by atoms with Crippen LogP contribution < -0.4 is 4.74 Å². The monoisotopic (exact) mass is 277 g/mol. The third kappa shape index (κ3) is 2.92. The van der Waals surface area contributed by atoms with Gasteiger partial charge in [0.1, 0.15) is 5.75 Å². The summed E-state index contributed by atoms with van der Waals surface area (Å²) in [5.41, 5.74) is 1.00. The largest absolute Gasteiger partial charge is 0.493 e. The molecule has 0 saturated heterocycles. The summed E-state index contributed by atoms with van der Waals surface area (Å²) in [4.78, 5) is 0. The van der Waals surface area contributed by atoms with Crippen molar-refractivity contribution in [1.82, 2.24) is 14.8 Å². The lowest BCUT2D eigenvalue weighted by molar-refractivity contribution is 0.341. The molecule has 0 aliphatic rings. The quantitative estimate of drug-likeness (QED) is 0.758. The highest BCUT2D eigenvalue weighted by molar-refractivity contribution is 7.99. The van der Waals surface area contributed by atoms with Gasteiger partial charge < -0.3 is 9.30 Å². The average molecular weight is 277 g/mol. The van der Waals surface area contributed by atoms with Gasteiger partial charge in [-0.05, 0) is 31.7 Å². The van der Waals surface area contributed by atoms with Crippen LogP contribution in [0.25, 0.3) is 11.4 Å². The molecular weight excluding hydrogens is 258 g/mol. The highest BCUT2D eigenvalue weighted by atomic mass is 32.2. The second kappa shape index (κ2) is 6.61. The number of nitrogens with zero attached hydrogens (tertiary/aromatic N) is 3. The molecule has 0 amide bonds. The van der Waals surface area contributed by atoms with Crippen LogP contribution >= 0.6 is 11.8 Å². The molecule has 0 unspecified atom stereocenters. The predicted molar refractivity (Wildman–Crippen MR) is 78.7 cm³/mol. The van der Waals surface area contributed by atoms with E-state index in [9.17, 15) is 0 Å². The second-order valence-corrected chi connectivity index (χ2v) is 5.14. The van der Waals surface area contributed by atoms with Crippen molar-refractivity contribution in [1.29, 1.82) is 0 Å². The molecule has 0 spiro atoms. The Morgan fingerprint density at radius 2 is 1.95 bits per heavy atom. The van der Waals surface area contributed by atoms with Gasteiger partial charge in [-0.1, -0.05) is 30.8 Å². The fourth-order valence-electron chi connectivity index (χ4n) is 1.94. The minimum Gasteiger partial charge on any atom is -0.493 e. The fraction of sp³-hybridized carbons (Fsp3) is 0.429. The Kier molecular flexibility index (Phi) is 4.85. The molecule has 0 saturated carbocycles. The summed E-state index contributed by atoms with van der Waals surface area (Å²) in [6.45, 7) is 7.71. The third-order valence-electron chi connectivity index (χ3n) is 2.73. The Morgan fingerprint density at radius 1 is 1.16 bits per heavy atom. The Morgan fingerprint density at radius 3 is 2.63 bits per heavy atom. The molecule has 1 aromatic heterocycles. The molecule has 0 aliphatic heterocycles. The van der Waals surface area contributed by atoms with Crippen molar-refractivity contribution in [3.8, 4) is 17.1 Å². The van der Waals surface area contributed by atoms with E-state index in [0.717, 1.165) is 34.6 Å². The van der Waals surface area contributed by atoms with Crippen molar-refractivity contribution in [3.05, 3.63) is 24.3 Å². The van der Waals surface area contributed by atoms with Crippen LogP contribution in [-0.2, 0) is 6.54 Å². The number of hydrogen-bond donors (Lipinski definition) is 0. The van der Waals surface area contributed by atoms with Crippen LogP contribution in [-0.4, -0.2) is 27.1 Å². The van der Waals surface area contributed by atoms with E-state index in [2.05, 4.69) is 28.6 Å². The van der Waals surface area contributed by atoms with Crippen molar-refractivity contribution in [2.75, 3.05) is 12.4 Å². The molecule has 0 N–H and O–H groups in total. The smallest absolute Gasteiger partial charge is 0.191 e. The lowest BCUT2D eigenvalue weighted by Crippen LogP contribution is -2.02. The predicted octanol–water partition coefficient (Wildman–Crippen LogP) is 3.48. The summed E-state index contributed by atoms with van der Waals surface area (Å²) in [5, 5.41) is 9.57. The highest BCUT2D eigenvalue weighted by Crippen LogP contribution is 2.30. The molecule has 0 bridgehead atoms. The highest BCUT2D eigenvalue weighted by Gasteiger charge is 2.15. The number of aromatic nitrogens is 3. The Hall–Kier alpha value is -1.49. The zero-order valence-electron chi connectivity index (χ0n) is 11.6. The van der Waals surface area contributed by atoms with E-state index in [1.807, 2.05) is 31.2 Å². The molecule has 19 heavy (non-hydrogen) atoms. The summed E-state index contributed by atoms with van der Waals surface area (Å²) < 4.78 is 7.80. The van der Waals surface area contributed by atoms with Gasteiger partial charge in [-0.3, -0.25) is 0 Å². The average Bonchev–Trinajstić information content (AvgIpc) is 2.83. The summed E-state index contributed by atoms with van der Waals surface area (Å²) >= 11 is 1.71. The summed E-state index contributed by atoms with van der Waals surface area (Å²) in [7, 11) is 0. The van der Waals surface area contributed by atoms with E-state index in [0.29, 0.717) is 6.61 Å². The molecule has 0 atom stereocenters. The van der Waals surface area contributed by atoms with Gasteiger partial charge in [-0.25, -0.2) is 0 Å². The fourth-order valence-corrected chi connectivity index (χ4v) is 2.67. The topological polar surface area (TPSA) is 39.9 Å². The molecular formula is C14H19N3OS. The van der Waals surface area contributed by atoms with Crippen molar-refractivity contribution >= 4 is 11.8 Å². The van der Waals surface area contributed by atoms with E-state index in [1.165, 1.54) is 0 Å². The molecule has 0 aliphatic carbocycles. The zero-order valence-corrected chi connectivity index (χ0v) is 12.4. The van der Waals surface area contributed by atoms with Crippen LogP contribution in [0.1, 0.15) is 20.8 Å². The Bertz CT molecular complexity index is 539. The van der Waals surface area contributed by atoms with Crippen LogP contribution in [0.2, 0.25) is 0 Å². The van der Waals surface area contributed by atoms with Crippen LogP contribution in [0, 0.1) is 0 Å². The first-order valence-corrected chi connectivity index (χ1v) is 7.58. The van der Waals surface area contributed by atoms with Gasteiger partial charge >= 0.3 is 0 Å². The number of ether oxygens (including phenoxy) is 1. The first-order valence-electron chi connectivity index (χ1n) is 6.59. The second-order valence-electron chi connectivity index (χ2n) is 3.91. The maximum absolute atomic E-state index is 5.67. The molecule has 0 fully saturated rings. The number of rotatable bonds is 6. The summed E-state index contributed by atoms with van der Waals surface area (Å²) in [6, 6.07) is 7.98. The number of thioether (sulfide) groups is 1. The molecule has 102 valence electrons. The van der Waals surface area contributed by atoms with Crippen LogP contribution in [0.4, 0.5) is 0 Å². The first kappa shape index (κ1) is 13.9. The SMILES string of the molecule is CCOc1ccccc1-c1nnc(SCC)n1CC. The summed E-state index contributed by atoms with van der Waals surface area (Å²) in [6.07, 6.45) is 0. The minimum absolute atomic E-state index is 0.647. The third-order valence-corrected chi connectivity index (χ3v) is 3.58. The van der Waals surface area contributed by atoms with Gasteiger partial charge in [0.15, 0.2) is 11.0 Å². The van der Waals surface area contributed by atoms with Gasteiger partial charge in [-0.15, -0.1) is 10.2 Å². The van der Waals surface area contributed by atoms with Gasteiger partial charge in [0.05, 0.1) is 12.2 Å². The van der Waals surface area contributed by atoms with Gasteiger partial charge in [-0.2, -0.15) is 0 Å². The molecule has 4 nitrogen and oxygen atoms in total. The molecule has 1 heterocycles. The van der Waals surface area contributed by atoms with Crippen molar-refractivity contribution in [3.63, 3.8) is 0 Å². The van der Waals surface area contributed by atoms with Crippen molar-refractivity contribution < 1.29 is 4.74 Å². The van der Waals surface area contributed by atoms with E-state index >= 15 is 0 Å². The maximum Gasteiger partial charge on any atom is 0.191 e. The van der Waals surface area contributed by atoms with Crippen molar-refractivity contribution in [2.24, 2.45) is 0 Å². The molecule has 2 aromatic rings. The number of benzene rings is 1. The van der Waals surface area contributed by atoms with Crippen LogP contribution in [0.15, 0.2) is 29.4 Å². The lowest BCUT2D eigenvalue weighted by atomic mass is 10.2. The molecule has 2 rings (SSSR count). The molecule has 5 heteroatoms. The standard InChI is InChI=1S/C14H19N3OS/c1-4-17-13(15-16-14(17)19-6-3)11-9-7-8-10-12(11)18-5-2/h7-10H,4-6H2,1-3H3. The molecule has 1 aromatic carbocycles. The first-order chi connectivity index (χ1) is 9.31. The Labute approximate surface area is 118 Å². The normalized spacial score (nSPS) is 10.7. The maximum atomic E-state index is 5.67. The van der Waals surface area contributed by atoms with Gasteiger partial charge in [0.25, 0.3) is 0 Å². The van der Waals surface area contributed by atoms with E-state index in [4.69, 9.17) is 4.74 Å². The van der Waals surface area contributed by atoms with Crippen LogP contribution in [0.3, 0.4) is 0 Å². The van der Waals surface area contributed by atoms with E-state index in [-0.39, 0.29) is 0 Å². The van der Waals surface area contributed by atoms with Crippen molar-refractivity contribution in [2.45, 2.75) is 32.5 Å². The molecule has 0 radical (unpaired) electrons. The lowest BCUT2D eigenvalue weighted by Gasteiger charge is -2.11. The van der Waals surface area contributed by atoms with Gasteiger partial charge in [0, 0.05) is 6.54 Å². The van der Waals surface area contributed by atoms with Gasteiger partial charge in [0.2, 0.25) is 0 Å². The zero-order chi connectivity index (χ0) is 13.7. The van der Waals surface area contributed by atoms with Crippen LogP contribution in [0.5, 0.6) is 5.75 Å². The van der Waals surface area contributed by atoms with E-state index < -0.39 is 0 Å². The number of hydrogen-bond acceptors (Lipinski definition) is 4. The summed E-state index contributed by atoms with van der Waals surface area (Å²) in [5.74, 6) is 2.73. The number of para-hydroxylation sites is 1. The Balaban J connectivity index is 2.46. The van der Waals surface area contributed by atoms with E-state index in [1.54, 1.807) is 11.8 Å².